The van der Waals surface area contributed by atoms with Gasteiger partial charge < -0.3 is 18.3 Å². The number of hydrogen-bond acceptors (Lipinski definition) is 4. The fraction of sp³-hybridized carbons (Fsp3) is 0.854. The fourth-order valence-corrected chi connectivity index (χ4v) is 12.0. The molecule has 6 heteroatoms. The standard InChI is InChI=1S/C41H74O4Si2/c1-29(18-17-24-39(8,9)43-28-42-12)33-21-22-34-32-20-19-30-26-31(44-46(13,14)37(2,3)4)27-36(45-47(15,16)38(5,6)7)41(30,11)35(32)23-25-40(33,34)10/h17-20,29,31,33-36H,21-28H2,1-16H3/b18-17+/t29-,31?,33-,34+,35+,36?,40-,41+/m1/s1. The van der Waals surface area contributed by atoms with Crippen LogP contribution in [0.15, 0.2) is 35.5 Å². The van der Waals surface area contributed by atoms with E-state index < -0.39 is 16.6 Å². The van der Waals surface area contributed by atoms with Crippen LogP contribution in [0.25, 0.3) is 0 Å². The van der Waals surface area contributed by atoms with Crippen molar-refractivity contribution in [1.82, 2.24) is 0 Å². The summed E-state index contributed by atoms with van der Waals surface area (Å²) in [5.41, 5.74) is 3.50. The van der Waals surface area contributed by atoms with Crippen LogP contribution in [0.4, 0.5) is 0 Å². The van der Waals surface area contributed by atoms with Crippen molar-refractivity contribution in [2.75, 3.05) is 13.9 Å². The van der Waals surface area contributed by atoms with Crippen LogP contribution in [0, 0.1) is 34.5 Å². The Morgan fingerprint density at radius 1 is 0.872 bits per heavy atom. The van der Waals surface area contributed by atoms with Gasteiger partial charge in [0.2, 0.25) is 0 Å². The summed E-state index contributed by atoms with van der Waals surface area (Å²) in [6.07, 6.45) is 18.6. The maximum absolute atomic E-state index is 7.57. The Kier molecular flexibility index (Phi) is 11.3. The van der Waals surface area contributed by atoms with Crippen molar-refractivity contribution in [3.05, 3.63) is 35.5 Å². The predicted octanol–water partition coefficient (Wildman–Crippen LogP) is 11.9. The number of allylic oxidation sites excluding steroid dienone is 4. The molecule has 0 aromatic heterocycles. The van der Waals surface area contributed by atoms with Gasteiger partial charge in [-0.25, -0.2) is 0 Å². The van der Waals surface area contributed by atoms with Crippen molar-refractivity contribution in [3.63, 3.8) is 0 Å². The highest BCUT2D eigenvalue weighted by molar-refractivity contribution is 6.74. The van der Waals surface area contributed by atoms with Gasteiger partial charge in [0.15, 0.2) is 16.6 Å². The minimum atomic E-state index is -2.01. The SMILES string of the molecule is COCOC(C)(C)C/C=C/[C@@H](C)[C@H]1CC[C@H]2C3=CC=C4CC(O[Si](C)(C)C(C)(C)C)CC(O[Si](C)(C)C(C)(C)C)[C@]4(C)[C@H]3CC[C@]12C. The van der Waals surface area contributed by atoms with Gasteiger partial charge in [-0.05, 0) is 124 Å². The molecule has 0 heterocycles. The van der Waals surface area contributed by atoms with Gasteiger partial charge in [-0.2, -0.15) is 0 Å². The van der Waals surface area contributed by atoms with Crippen molar-refractivity contribution < 1.29 is 18.3 Å². The largest absolute Gasteiger partial charge is 0.414 e. The Hall–Kier alpha value is -0.506. The van der Waals surface area contributed by atoms with Crippen LogP contribution >= 0.6 is 0 Å². The first-order valence-corrected chi connectivity index (χ1v) is 24.8. The summed E-state index contributed by atoms with van der Waals surface area (Å²) < 4.78 is 25.8. The molecule has 3 fully saturated rings. The molecule has 0 aromatic carbocycles. The predicted molar refractivity (Wildman–Crippen MR) is 205 cm³/mol. The zero-order valence-corrected chi connectivity index (χ0v) is 35.6. The van der Waals surface area contributed by atoms with E-state index >= 15 is 0 Å². The Morgan fingerprint density at radius 2 is 1.49 bits per heavy atom. The third-order valence-corrected chi connectivity index (χ3v) is 23.5. The first-order valence-electron chi connectivity index (χ1n) is 19.0. The summed E-state index contributed by atoms with van der Waals surface area (Å²) in [7, 11) is -2.23. The summed E-state index contributed by atoms with van der Waals surface area (Å²) in [5.74, 6) is 2.49. The number of methoxy groups -OCH3 is 1. The van der Waals surface area contributed by atoms with E-state index in [0.29, 0.717) is 35.9 Å². The van der Waals surface area contributed by atoms with Gasteiger partial charge in [0.25, 0.3) is 0 Å². The molecule has 4 nitrogen and oxygen atoms in total. The van der Waals surface area contributed by atoms with Crippen molar-refractivity contribution >= 4 is 16.6 Å². The van der Waals surface area contributed by atoms with E-state index in [1.54, 1.807) is 18.3 Å². The lowest BCUT2D eigenvalue weighted by molar-refractivity contribution is -0.112. The summed E-state index contributed by atoms with van der Waals surface area (Å²) in [4.78, 5) is 0. The molecule has 4 aliphatic carbocycles. The molecule has 0 radical (unpaired) electrons. The van der Waals surface area contributed by atoms with Crippen molar-refractivity contribution in [2.45, 2.75) is 175 Å². The van der Waals surface area contributed by atoms with E-state index in [1.165, 1.54) is 25.7 Å². The quantitative estimate of drug-likeness (QED) is 0.123. The first kappa shape index (κ1) is 39.3. The second-order valence-electron chi connectivity index (χ2n) is 20.1. The van der Waals surface area contributed by atoms with Gasteiger partial charge in [0, 0.05) is 12.5 Å². The lowest BCUT2D eigenvalue weighted by Crippen LogP contribution is -2.58. The molecule has 4 aliphatic rings. The zero-order valence-electron chi connectivity index (χ0n) is 33.6. The van der Waals surface area contributed by atoms with E-state index in [4.69, 9.17) is 18.3 Å². The highest BCUT2D eigenvalue weighted by atomic mass is 28.4. The smallest absolute Gasteiger partial charge is 0.192 e. The molecule has 270 valence electrons. The lowest BCUT2D eigenvalue weighted by Gasteiger charge is -2.59. The molecule has 3 saturated carbocycles. The highest BCUT2D eigenvalue weighted by Crippen LogP contribution is 2.67. The topological polar surface area (TPSA) is 36.9 Å². The second kappa shape index (κ2) is 13.6. The van der Waals surface area contributed by atoms with E-state index in [-0.39, 0.29) is 33.3 Å². The van der Waals surface area contributed by atoms with Gasteiger partial charge in [0.05, 0.1) is 17.8 Å². The van der Waals surface area contributed by atoms with Gasteiger partial charge in [-0.3, -0.25) is 0 Å². The van der Waals surface area contributed by atoms with E-state index in [2.05, 4.69) is 127 Å². The summed E-state index contributed by atoms with van der Waals surface area (Å²) >= 11 is 0. The lowest BCUT2D eigenvalue weighted by atomic mass is 9.49. The highest BCUT2D eigenvalue weighted by Gasteiger charge is 2.60. The monoisotopic (exact) mass is 687 g/mol. The average Bonchev–Trinajstić information content (AvgIpc) is 3.28. The molecule has 2 unspecified atom stereocenters. The Bertz CT molecular complexity index is 1200. The molecular weight excluding hydrogens is 613 g/mol. The Balaban J connectivity index is 1.63. The molecule has 0 bridgehead atoms. The van der Waals surface area contributed by atoms with Crippen LogP contribution in [0.1, 0.15) is 121 Å². The van der Waals surface area contributed by atoms with Crippen LogP contribution in [-0.4, -0.2) is 48.3 Å². The van der Waals surface area contributed by atoms with Gasteiger partial charge in [0.1, 0.15) is 6.79 Å². The van der Waals surface area contributed by atoms with Crippen molar-refractivity contribution in [1.29, 1.82) is 0 Å². The van der Waals surface area contributed by atoms with Crippen LogP contribution < -0.4 is 0 Å². The van der Waals surface area contributed by atoms with E-state index in [9.17, 15) is 0 Å². The van der Waals surface area contributed by atoms with Gasteiger partial charge in [-0.1, -0.05) is 97.8 Å². The average molecular weight is 687 g/mol. The zero-order chi connectivity index (χ0) is 35.4. The fourth-order valence-electron chi connectivity index (χ4n) is 9.27. The molecule has 4 rings (SSSR count). The van der Waals surface area contributed by atoms with Crippen molar-refractivity contribution in [2.24, 2.45) is 34.5 Å². The van der Waals surface area contributed by atoms with Gasteiger partial charge >= 0.3 is 0 Å². The molecule has 0 aliphatic heterocycles. The third-order valence-electron chi connectivity index (χ3n) is 14.4. The molecule has 0 aromatic rings. The molecule has 47 heavy (non-hydrogen) atoms. The minimum Gasteiger partial charge on any atom is -0.414 e. The number of ether oxygens (including phenoxy) is 2. The van der Waals surface area contributed by atoms with E-state index in [1.807, 2.05) is 0 Å². The Morgan fingerprint density at radius 3 is 2.09 bits per heavy atom. The van der Waals surface area contributed by atoms with Gasteiger partial charge in [-0.15, -0.1) is 0 Å². The second-order valence-corrected chi connectivity index (χ2v) is 29.6. The summed E-state index contributed by atoms with van der Waals surface area (Å²) in [6, 6.07) is 0. The molecule has 0 N–H and O–H groups in total. The summed E-state index contributed by atoms with van der Waals surface area (Å²) in [6.45, 7) is 36.4. The molecule has 0 saturated heterocycles. The summed E-state index contributed by atoms with van der Waals surface area (Å²) in [5, 5.41) is 0.372. The van der Waals surface area contributed by atoms with Crippen molar-refractivity contribution in [3.8, 4) is 0 Å². The normalized spacial score (nSPS) is 34.4. The number of rotatable bonds is 11. The Labute approximate surface area is 293 Å². The van der Waals surface area contributed by atoms with E-state index in [0.717, 1.165) is 19.3 Å². The van der Waals surface area contributed by atoms with Crippen LogP contribution in [0.3, 0.4) is 0 Å². The van der Waals surface area contributed by atoms with Crippen LogP contribution in [0.5, 0.6) is 0 Å². The van der Waals surface area contributed by atoms with Crippen LogP contribution in [-0.2, 0) is 18.3 Å². The number of fused-ring (bicyclic) bond motifs is 5. The maximum atomic E-state index is 7.57. The molecule has 0 amide bonds. The first-order chi connectivity index (χ1) is 21.4. The maximum Gasteiger partial charge on any atom is 0.192 e. The minimum absolute atomic E-state index is 0.0333. The van der Waals surface area contributed by atoms with Crippen LogP contribution in [0.2, 0.25) is 36.3 Å². The molecular formula is C41H74O4Si2. The number of hydrogen-bond donors (Lipinski definition) is 0. The molecule has 0 spiro atoms. The molecule has 8 atom stereocenters. The third kappa shape index (κ3) is 7.73.